The molecular weight excluding hydrogens is 321 g/mol. The molecule has 0 aromatic heterocycles. The summed E-state index contributed by atoms with van der Waals surface area (Å²) in [5.41, 5.74) is 0. The molecule has 2 atom stereocenters. The molecule has 2 N–H and O–H groups in total. The van der Waals surface area contributed by atoms with Crippen LogP contribution < -0.4 is 0 Å². The van der Waals surface area contributed by atoms with Crippen molar-refractivity contribution in [2.45, 2.75) is 51.2 Å². The van der Waals surface area contributed by atoms with E-state index in [9.17, 15) is 9.36 Å². The lowest BCUT2D eigenvalue weighted by atomic mass is 10.0. The van der Waals surface area contributed by atoms with Crippen molar-refractivity contribution < 1.29 is 32.9 Å². The van der Waals surface area contributed by atoms with Gasteiger partial charge in [0.2, 0.25) is 0 Å². The lowest BCUT2D eigenvalue weighted by Gasteiger charge is -2.34. The number of hydrogen-bond donors (Lipinski definition) is 2. The number of quaternary nitrogens is 1. The van der Waals surface area contributed by atoms with Crippen LogP contribution in [-0.2, 0) is 18.6 Å². The molecule has 0 bridgehead atoms. The summed E-state index contributed by atoms with van der Waals surface area (Å²) in [5, 5.41) is 0. The van der Waals surface area contributed by atoms with Crippen molar-refractivity contribution >= 4 is 13.8 Å². The van der Waals surface area contributed by atoms with Crippen LogP contribution in [0.5, 0.6) is 0 Å². The molecule has 7 nitrogen and oxygen atoms in total. The molecule has 0 aliphatic heterocycles. The standard InChI is InChI=1S/C15H30NO6P/c1-6-15(17)22-13(2)9-7-10-14(16(3,4)5)11-8-12-21-23(18,19)20/h6,13-14H,1,7-12H2,2-5H3,(H-,18,19,20)/p+1. The monoisotopic (exact) mass is 352 g/mol. The minimum atomic E-state index is -4.38. The maximum Gasteiger partial charge on any atom is 0.469 e. The number of esters is 1. The molecule has 0 aromatic carbocycles. The Hall–Kier alpha value is -0.720. The second-order valence-corrected chi connectivity index (χ2v) is 7.86. The van der Waals surface area contributed by atoms with Crippen LogP contribution in [0, 0.1) is 0 Å². The average Bonchev–Trinajstić information content (AvgIpc) is 2.38. The molecule has 0 aliphatic carbocycles. The van der Waals surface area contributed by atoms with Gasteiger partial charge in [0.05, 0.1) is 39.9 Å². The van der Waals surface area contributed by atoms with Crippen molar-refractivity contribution in [1.82, 2.24) is 0 Å². The number of ether oxygens (including phenoxy) is 1. The first-order chi connectivity index (χ1) is 10.5. The van der Waals surface area contributed by atoms with Crippen molar-refractivity contribution in [2.24, 2.45) is 0 Å². The molecule has 0 aromatic rings. The Morgan fingerprint density at radius 2 is 1.78 bits per heavy atom. The molecule has 0 saturated carbocycles. The highest BCUT2D eigenvalue weighted by Crippen LogP contribution is 2.36. The predicted molar refractivity (Wildman–Crippen MR) is 88.7 cm³/mol. The summed E-state index contributed by atoms with van der Waals surface area (Å²) in [6.07, 6.45) is 5.03. The summed E-state index contributed by atoms with van der Waals surface area (Å²) in [7, 11) is 1.90. The summed E-state index contributed by atoms with van der Waals surface area (Å²) in [5.74, 6) is -0.407. The molecule has 0 spiro atoms. The quantitative estimate of drug-likeness (QED) is 0.184. The van der Waals surface area contributed by atoms with Gasteiger partial charge in [0.15, 0.2) is 0 Å². The van der Waals surface area contributed by atoms with Gasteiger partial charge in [-0.05, 0) is 32.6 Å². The Kier molecular flexibility index (Phi) is 9.89. The highest BCUT2D eigenvalue weighted by molar-refractivity contribution is 7.46. The number of rotatable bonds is 12. The number of hydrogen-bond acceptors (Lipinski definition) is 4. The molecule has 0 saturated heterocycles. The van der Waals surface area contributed by atoms with Crippen LogP contribution in [0.1, 0.15) is 39.0 Å². The molecular formula is C15H31NO6P+. The van der Waals surface area contributed by atoms with E-state index < -0.39 is 13.8 Å². The zero-order valence-corrected chi connectivity index (χ0v) is 15.5. The molecule has 2 unspecified atom stereocenters. The number of nitrogens with zero attached hydrogens (tertiary/aromatic N) is 1. The Labute approximate surface area is 139 Å². The van der Waals surface area contributed by atoms with Gasteiger partial charge >= 0.3 is 13.8 Å². The van der Waals surface area contributed by atoms with Crippen LogP contribution in [0.3, 0.4) is 0 Å². The maximum atomic E-state index is 11.1. The maximum absolute atomic E-state index is 11.1. The normalized spacial score (nSPS) is 15.0. The minimum Gasteiger partial charge on any atom is -0.460 e. The van der Waals surface area contributed by atoms with E-state index in [-0.39, 0.29) is 12.7 Å². The van der Waals surface area contributed by atoms with Gasteiger partial charge in [0, 0.05) is 12.5 Å². The number of carbonyl (C=O) groups is 1. The Balaban J connectivity index is 4.19. The molecule has 0 radical (unpaired) electrons. The summed E-state index contributed by atoms with van der Waals surface area (Å²) < 4.78 is 21.0. The smallest absolute Gasteiger partial charge is 0.460 e. The van der Waals surface area contributed by atoms with Crippen LogP contribution in [0.4, 0.5) is 0 Å². The van der Waals surface area contributed by atoms with E-state index in [1.54, 1.807) is 0 Å². The molecule has 136 valence electrons. The highest BCUT2D eigenvalue weighted by atomic mass is 31.2. The van der Waals surface area contributed by atoms with E-state index in [4.69, 9.17) is 14.5 Å². The van der Waals surface area contributed by atoms with Crippen molar-refractivity contribution in [3.05, 3.63) is 12.7 Å². The van der Waals surface area contributed by atoms with Gasteiger partial charge in [-0.2, -0.15) is 0 Å². The SMILES string of the molecule is C=CC(=O)OC(C)CCCC(CCCOP(=O)(O)O)[N+](C)(C)C. The Morgan fingerprint density at radius 3 is 2.26 bits per heavy atom. The Morgan fingerprint density at radius 1 is 1.22 bits per heavy atom. The zero-order chi connectivity index (χ0) is 18.1. The molecule has 23 heavy (non-hydrogen) atoms. The first-order valence-electron chi connectivity index (χ1n) is 7.80. The van der Waals surface area contributed by atoms with Crippen molar-refractivity contribution in [2.75, 3.05) is 27.7 Å². The zero-order valence-electron chi connectivity index (χ0n) is 14.6. The summed E-state index contributed by atoms with van der Waals surface area (Å²) in [4.78, 5) is 28.5. The summed E-state index contributed by atoms with van der Waals surface area (Å²) in [6, 6.07) is 0.345. The fraction of sp³-hybridized carbons (Fsp3) is 0.800. The van der Waals surface area contributed by atoms with E-state index in [1.807, 2.05) is 6.92 Å². The fourth-order valence-corrected chi connectivity index (χ4v) is 2.73. The first-order valence-corrected chi connectivity index (χ1v) is 9.33. The van der Waals surface area contributed by atoms with Gasteiger partial charge in [-0.1, -0.05) is 6.58 Å². The van der Waals surface area contributed by atoms with Crippen molar-refractivity contribution in [3.8, 4) is 0 Å². The van der Waals surface area contributed by atoms with Gasteiger partial charge in [-0.25, -0.2) is 9.36 Å². The predicted octanol–water partition coefficient (Wildman–Crippen LogP) is 2.24. The summed E-state index contributed by atoms with van der Waals surface area (Å²) >= 11 is 0. The third kappa shape index (κ3) is 12.4. The lowest BCUT2D eigenvalue weighted by Crippen LogP contribution is -2.45. The third-order valence-corrected chi connectivity index (χ3v) is 4.19. The van der Waals surface area contributed by atoms with Crippen LogP contribution in [0.15, 0.2) is 12.7 Å². The van der Waals surface area contributed by atoms with Crippen molar-refractivity contribution in [1.29, 1.82) is 0 Å². The number of carbonyl (C=O) groups excluding carboxylic acids is 1. The van der Waals surface area contributed by atoms with Crippen molar-refractivity contribution in [3.63, 3.8) is 0 Å². The van der Waals surface area contributed by atoms with E-state index in [0.717, 1.165) is 36.2 Å². The average molecular weight is 352 g/mol. The molecule has 0 rings (SSSR count). The van der Waals surface area contributed by atoms with E-state index in [1.165, 1.54) is 0 Å². The highest BCUT2D eigenvalue weighted by Gasteiger charge is 2.24. The fourth-order valence-electron chi connectivity index (χ4n) is 2.37. The molecule has 0 fully saturated rings. The van der Waals surface area contributed by atoms with Gasteiger partial charge in [0.1, 0.15) is 0 Å². The molecule has 0 heterocycles. The van der Waals surface area contributed by atoms with E-state index >= 15 is 0 Å². The molecule has 0 aliphatic rings. The lowest BCUT2D eigenvalue weighted by molar-refractivity contribution is -0.896. The van der Waals surface area contributed by atoms with Gasteiger partial charge in [-0.3, -0.25) is 4.52 Å². The Bertz CT molecular complexity index is 415. The third-order valence-electron chi connectivity index (χ3n) is 3.67. The number of phosphoric acid groups is 1. The second-order valence-electron chi connectivity index (χ2n) is 6.62. The minimum absolute atomic E-state index is 0.0497. The van der Waals surface area contributed by atoms with E-state index in [2.05, 4.69) is 32.2 Å². The van der Waals surface area contributed by atoms with Crippen LogP contribution in [0.2, 0.25) is 0 Å². The second kappa shape index (κ2) is 10.2. The van der Waals surface area contributed by atoms with Gasteiger partial charge in [-0.15, -0.1) is 0 Å². The van der Waals surface area contributed by atoms with Gasteiger partial charge < -0.3 is 19.0 Å². The molecule has 8 heteroatoms. The largest absolute Gasteiger partial charge is 0.469 e. The van der Waals surface area contributed by atoms with Crippen LogP contribution in [-0.4, -0.2) is 60.1 Å². The van der Waals surface area contributed by atoms with Crippen LogP contribution in [0.25, 0.3) is 0 Å². The van der Waals surface area contributed by atoms with E-state index in [0.29, 0.717) is 12.5 Å². The first kappa shape index (κ1) is 22.3. The number of phosphoric ester groups is 1. The van der Waals surface area contributed by atoms with Crippen LogP contribution >= 0.6 is 7.82 Å². The topological polar surface area (TPSA) is 93.1 Å². The van der Waals surface area contributed by atoms with Gasteiger partial charge in [0.25, 0.3) is 0 Å². The summed E-state index contributed by atoms with van der Waals surface area (Å²) in [6.45, 7) is 5.28. The molecule has 0 amide bonds.